The van der Waals surface area contributed by atoms with Gasteiger partial charge in [-0.25, -0.2) is 5.84 Å². The molecule has 0 fully saturated rings. The number of nitrogen functional groups attached to an aromatic ring is 1. The second kappa shape index (κ2) is 5.33. The number of anilines is 1. The van der Waals surface area contributed by atoms with Crippen LogP contribution in [0.3, 0.4) is 0 Å². The highest BCUT2D eigenvalue weighted by Gasteiger charge is 2.12. The number of rotatable bonds is 4. The number of hydrogen-bond donors (Lipinski definition) is 2. The fourth-order valence-corrected chi connectivity index (χ4v) is 1.58. The summed E-state index contributed by atoms with van der Waals surface area (Å²) in [5.41, 5.74) is 3.23. The van der Waals surface area contributed by atoms with Gasteiger partial charge in [-0.15, -0.1) is 0 Å². The third-order valence-corrected chi connectivity index (χ3v) is 2.51. The van der Waals surface area contributed by atoms with E-state index >= 15 is 0 Å². The van der Waals surface area contributed by atoms with Crippen LogP contribution in [-0.2, 0) is 6.54 Å². The molecule has 2 aromatic rings. The van der Waals surface area contributed by atoms with Crippen molar-refractivity contribution in [3.8, 4) is 0 Å². The maximum atomic E-state index is 11.2. The van der Waals surface area contributed by atoms with Crippen LogP contribution in [-0.4, -0.2) is 18.1 Å². The molecule has 1 heterocycles. The molecule has 18 heavy (non-hydrogen) atoms. The summed E-state index contributed by atoms with van der Waals surface area (Å²) < 4.78 is 5.07. The van der Waals surface area contributed by atoms with Crippen LogP contribution in [0, 0.1) is 0 Å². The van der Waals surface area contributed by atoms with E-state index in [-0.39, 0.29) is 5.69 Å². The molecule has 0 radical (unpaired) electrons. The van der Waals surface area contributed by atoms with Gasteiger partial charge in [0, 0.05) is 18.8 Å². The minimum Gasteiger partial charge on any atom is -0.367 e. The zero-order valence-corrected chi connectivity index (χ0v) is 9.96. The fraction of sp³-hybridized carbons (Fsp3) is 0.167. The number of carbonyl (C=O) groups is 1. The first-order valence-electron chi connectivity index (χ1n) is 5.43. The highest BCUT2D eigenvalue weighted by atomic mass is 16.5. The smallest absolute Gasteiger partial charge is 0.287 e. The van der Waals surface area contributed by atoms with E-state index in [0.29, 0.717) is 12.3 Å². The minimum atomic E-state index is -0.465. The fourth-order valence-electron chi connectivity index (χ4n) is 1.58. The van der Waals surface area contributed by atoms with Crippen LogP contribution in [0.4, 0.5) is 5.69 Å². The number of hydrazine groups is 1. The molecule has 6 nitrogen and oxygen atoms in total. The van der Waals surface area contributed by atoms with Crippen molar-refractivity contribution in [3.05, 3.63) is 47.9 Å². The lowest BCUT2D eigenvalue weighted by Crippen LogP contribution is -2.30. The van der Waals surface area contributed by atoms with Crippen molar-refractivity contribution >= 4 is 11.6 Å². The average molecular weight is 246 g/mol. The molecule has 0 saturated carbocycles. The Morgan fingerprint density at radius 3 is 2.83 bits per heavy atom. The van der Waals surface area contributed by atoms with Crippen LogP contribution in [0.15, 0.2) is 40.9 Å². The second-order valence-corrected chi connectivity index (χ2v) is 3.84. The maximum absolute atomic E-state index is 11.2. The van der Waals surface area contributed by atoms with Crippen LogP contribution in [0.5, 0.6) is 0 Å². The topological polar surface area (TPSA) is 84.4 Å². The normalized spacial score (nSPS) is 10.1. The highest BCUT2D eigenvalue weighted by Crippen LogP contribution is 2.15. The maximum Gasteiger partial charge on any atom is 0.287 e. The van der Waals surface area contributed by atoms with Gasteiger partial charge in [0.2, 0.25) is 0 Å². The van der Waals surface area contributed by atoms with Gasteiger partial charge in [0.25, 0.3) is 5.91 Å². The van der Waals surface area contributed by atoms with Gasteiger partial charge in [-0.05, 0) is 12.1 Å². The Labute approximate surface area is 104 Å². The molecule has 1 aromatic carbocycles. The second-order valence-electron chi connectivity index (χ2n) is 3.84. The van der Waals surface area contributed by atoms with Gasteiger partial charge in [-0.1, -0.05) is 23.4 Å². The molecule has 6 heteroatoms. The van der Waals surface area contributed by atoms with Gasteiger partial charge in [0.05, 0.1) is 6.54 Å². The van der Waals surface area contributed by atoms with Crippen molar-refractivity contribution in [2.45, 2.75) is 6.54 Å². The first kappa shape index (κ1) is 12.1. The van der Waals surface area contributed by atoms with Crippen LogP contribution in [0.2, 0.25) is 0 Å². The summed E-state index contributed by atoms with van der Waals surface area (Å²) in [4.78, 5) is 13.2. The Hall–Kier alpha value is -2.34. The molecule has 1 aromatic heterocycles. The van der Waals surface area contributed by atoms with E-state index < -0.39 is 5.91 Å². The number of benzene rings is 1. The summed E-state index contributed by atoms with van der Waals surface area (Å²) in [6.45, 7) is 0.523. The SMILES string of the molecule is CN(Cc1cc(C(=O)NN)no1)c1ccccc1. The quantitative estimate of drug-likeness (QED) is 0.476. The van der Waals surface area contributed by atoms with Crippen LogP contribution >= 0.6 is 0 Å². The van der Waals surface area contributed by atoms with Gasteiger partial charge in [0.15, 0.2) is 11.5 Å². The van der Waals surface area contributed by atoms with Crippen LogP contribution in [0.25, 0.3) is 0 Å². The molecule has 0 unspecified atom stereocenters. The lowest BCUT2D eigenvalue weighted by Gasteiger charge is -2.16. The summed E-state index contributed by atoms with van der Waals surface area (Å²) in [7, 11) is 1.93. The molecule has 0 bridgehead atoms. The molecule has 0 aliphatic heterocycles. The number of para-hydroxylation sites is 1. The molecule has 94 valence electrons. The van der Waals surface area contributed by atoms with E-state index in [1.54, 1.807) is 6.07 Å². The Morgan fingerprint density at radius 2 is 2.17 bits per heavy atom. The van der Waals surface area contributed by atoms with Gasteiger partial charge < -0.3 is 9.42 Å². The molecule has 0 spiro atoms. The first-order chi connectivity index (χ1) is 8.70. The number of nitrogens with zero attached hydrogens (tertiary/aromatic N) is 2. The van der Waals surface area contributed by atoms with Gasteiger partial charge in [0.1, 0.15) is 0 Å². The molecule has 0 saturated heterocycles. The van der Waals surface area contributed by atoms with Gasteiger partial charge in [-0.3, -0.25) is 10.2 Å². The van der Waals surface area contributed by atoms with E-state index in [2.05, 4.69) is 5.16 Å². The van der Waals surface area contributed by atoms with Crippen molar-refractivity contribution in [3.63, 3.8) is 0 Å². The van der Waals surface area contributed by atoms with Crippen molar-refractivity contribution in [1.29, 1.82) is 0 Å². The van der Waals surface area contributed by atoms with E-state index in [0.717, 1.165) is 5.69 Å². The monoisotopic (exact) mass is 246 g/mol. The number of amides is 1. The van der Waals surface area contributed by atoms with Gasteiger partial charge >= 0.3 is 0 Å². The number of hydrogen-bond acceptors (Lipinski definition) is 5. The van der Waals surface area contributed by atoms with Crippen molar-refractivity contribution < 1.29 is 9.32 Å². The third-order valence-electron chi connectivity index (χ3n) is 2.51. The zero-order valence-electron chi connectivity index (χ0n) is 9.96. The predicted molar refractivity (Wildman–Crippen MR) is 66.7 cm³/mol. The Kier molecular flexibility index (Phi) is 3.59. The van der Waals surface area contributed by atoms with E-state index in [4.69, 9.17) is 10.4 Å². The van der Waals surface area contributed by atoms with Crippen molar-refractivity contribution in [2.75, 3.05) is 11.9 Å². The molecule has 3 N–H and O–H groups in total. The number of aromatic nitrogens is 1. The predicted octanol–water partition coefficient (Wildman–Crippen LogP) is 0.914. The Morgan fingerprint density at radius 1 is 1.44 bits per heavy atom. The van der Waals surface area contributed by atoms with E-state index in [1.807, 2.05) is 47.7 Å². The van der Waals surface area contributed by atoms with E-state index in [1.165, 1.54) is 0 Å². The summed E-state index contributed by atoms with van der Waals surface area (Å²) in [6, 6.07) is 11.4. The van der Waals surface area contributed by atoms with Gasteiger partial charge in [-0.2, -0.15) is 0 Å². The number of carbonyl (C=O) groups excluding carboxylic acids is 1. The summed E-state index contributed by atoms with van der Waals surface area (Å²) in [6.07, 6.45) is 0. The Balaban J connectivity index is 2.06. The highest BCUT2D eigenvalue weighted by molar-refractivity contribution is 5.91. The lowest BCUT2D eigenvalue weighted by atomic mass is 10.3. The summed E-state index contributed by atoms with van der Waals surface area (Å²) >= 11 is 0. The number of nitrogens with two attached hydrogens (primary N) is 1. The zero-order chi connectivity index (χ0) is 13.0. The molecule has 0 atom stereocenters. The summed E-state index contributed by atoms with van der Waals surface area (Å²) in [5.74, 6) is 5.15. The van der Waals surface area contributed by atoms with Crippen molar-refractivity contribution in [2.24, 2.45) is 5.84 Å². The minimum absolute atomic E-state index is 0.175. The lowest BCUT2D eigenvalue weighted by molar-refractivity contribution is 0.0944. The summed E-state index contributed by atoms with van der Waals surface area (Å²) in [5, 5.41) is 3.64. The molecule has 1 amide bonds. The first-order valence-corrected chi connectivity index (χ1v) is 5.43. The Bertz CT molecular complexity index is 524. The largest absolute Gasteiger partial charge is 0.367 e. The molecule has 0 aliphatic rings. The molecule has 0 aliphatic carbocycles. The van der Waals surface area contributed by atoms with Crippen LogP contribution in [0.1, 0.15) is 16.2 Å². The van der Waals surface area contributed by atoms with E-state index in [9.17, 15) is 4.79 Å². The number of nitrogens with one attached hydrogen (secondary N) is 1. The van der Waals surface area contributed by atoms with Crippen molar-refractivity contribution in [1.82, 2.24) is 10.6 Å². The molecular formula is C12H14N4O2. The van der Waals surface area contributed by atoms with Crippen LogP contribution < -0.4 is 16.2 Å². The molecular weight excluding hydrogens is 232 g/mol. The average Bonchev–Trinajstić information content (AvgIpc) is 2.87. The standard InChI is InChI=1S/C12H14N4O2/c1-16(9-5-3-2-4-6-9)8-10-7-11(15-18-10)12(17)14-13/h2-7H,8,13H2,1H3,(H,14,17). The molecule has 2 rings (SSSR count). The third kappa shape index (κ3) is 2.67.